The minimum absolute atomic E-state index is 0.0209. The molecule has 5 rings (SSSR count). The lowest BCUT2D eigenvalue weighted by molar-refractivity contribution is -0.169. The van der Waals surface area contributed by atoms with Crippen molar-refractivity contribution in [2.45, 2.75) is 50.5 Å². The summed E-state index contributed by atoms with van der Waals surface area (Å²) < 4.78 is 47.4. The molecule has 0 bridgehead atoms. The fraction of sp³-hybridized carbons (Fsp3) is 0.281. The van der Waals surface area contributed by atoms with E-state index in [2.05, 4.69) is 33.6 Å². The van der Waals surface area contributed by atoms with Crippen LogP contribution in [0.1, 0.15) is 47.1 Å². The van der Waals surface area contributed by atoms with Crippen molar-refractivity contribution in [3.8, 4) is 22.6 Å². The number of aliphatic imine (C=N–C) groups is 2. The van der Waals surface area contributed by atoms with Gasteiger partial charge in [0.1, 0.15) is 11.6 Å². The van der Waals surface area contributed by atoms with Gasteiger partial charge < -0.3 is 9.32 Å². The SMILES string of the molecule is C=NCc1ccccc1-c1cc(C(=O)N2CCCC2C(F)(F)F)cc(-c2nnc(C(C)(Cc3ccccc3)N=C)o2)c1. The van der Waals surface area contributed by atoms with E-state index in [1.54, 1.807) is 12.1 Å². The Balaban J connectivity index is 1.59. The average molecular weight is 574 g/mol. The van der Waals surface area contributed by atoms with Crippen molar-refractivity contribution in [3.05, 3.63) is 95.4 Å². The van der Waals surface area contributed by atoms with Gasteiger partial charge >= 0.3 is 6.18 Å². The smallest absolute Gasteiger partial charge is 0.408 e. The van der Waals surface area contributed by atoms with Gasteiger partial charge in [-0.2, -0.15) is 13.2 Å². The number of hydrogen-bond acceptors (Lipinski definition) is 6. The van der Waals surface area contributed by atoms with Gasteiger partial charge in [-0.15, -0.1) is 10.2 Å². The molecule has 1 amide bonds. The van der Waals surface area contributed by atoms with E-state index in [0.29, 0.717) is 24.1 Å². The number of amides is 1. The minimum Gasteiger partial charge on any atom is -0.418 e. The first-order valence-electron chi connectivity index (χ1n) is 13.5. The maximum Gasteiger partial charge on any atom is 0.408 e. The van der Waals surface area contributed by atoms with Crippen LogP contribution in [-0.2, 0) is 18.5 Å². The zero-order valence-electron chi connectivity index (χ0n) is 23.1. The molecule has 0 N–H and O–H groups in total. The Morgan fingerprint density at radius 2 is 1.74 bits per heavy atom. The lowest BCUT2D eigenvalue weighted by Gasteiger charge is -2.27. The number of halogens is 3. The fourth-order valence-electron chi connectivity index (χ4n) is 5.36. The van der Waals surface area contributed by atoms with Crippen molar-refractivity contribution in [1.82, 2.24) is 15.1 Å². The average Bonchev–Trinajstić information content (AvgIpc) is 3.69. The van der Waals surface area contributed by atoms with Gasteiger partial charge in [0.05, 0.1) is 6.54 Å². The van der Waals surface area contributed by atoms with Crippen LogP contribution in [0.5, 0.6) is 0 Å². The zero-order chi connectivity index (χ0) is 29.9. The number of rotatable bonds is 9. The first kappa shape index (κ1) is 28.9. The predicted molar refractivity (Wildman–Crippen MR) is 156 cm³/mol. The highest BCUT2D eigenvalue weighted by atomic mass is 19.4. The van der Waals surface area contributed by atoms with Crippen LogP contribution in [-0.4, -0.2) is 53.2 Å². The van der Waals surface area contributed by atoms with E-state index in [1.165, 1.54) is 6.07 Å². The van der Waals surface area contributed by atoms with Crippen LogP contribution in [0.3, 0.4) is 0 Å². The third kappa shape index (κ3) is 5.88. The van der Waals surface area contributed by atoms with E-state index in [0.717, 1.165) is 21.6 Å². The number of carbonyl (C=O) groups is 1. The Kier molecular flexibility index (Phi) is 8.06. The summed E-state index contributed by atoms with van der Waals surface area (Å²) in [6, 6.07) is 20.2. The van der Waals surface area contributed by atoms with Crippen LogP contribution >= 0.6 is 0 Å². The Bertz CT molecular complexity index is 1600. The largest absolute Gasteiger partial charge is 0.418 e. The number of hydrogen-bond donors (Lipinski definition) is 0. The molecule has 10 heteroatoms. The molecule has 2 unspecified atom stereocenters. The molecule has 0 aliphatic carbocycles. The Morgan fingerprint density at radius 1 is 1.02 bits per heavy atom. The summed E-state index contributed by atoms with van der Waals surface area (Å²) in [5, 5.41) is 8.51. The number of nitrogens with zero attached hydrogens (tertiary/aromatic N) is 5. The predicted octanol–water partition coefficient (Wildman–Crippen LogP) is 6.93. The van der Waals surface area contributed by atoms with E-state index in [-0.39, 0.29) is 36.7 Å². The standard InChI is InChI=1S/C32H30F3N5O2/c1-31(37-3,19-21-10-5-4-6-11-21)30-39-38-28(42-30)24-16-23(26-13-8-7-12-22(26)20-36-2)17-25(18-24)29(41)40-15-9-14-27(40)32(33,34)35/h4-8,10-13,16-18,27H,2-3,9,14-15,19-20H2,1H3. The van der Waals surface area contributed by atoms with Crippen LogP contribution < -0.4 is 0 Å². The highest BCUT2D eigenvalue weighted by Gasteiger charge is 2.48. The molecule has 1 aliphatic heterocycles. The van der Waals surface area contributed by atoms with E-state index in [1.807, 2.05) is 61.5 Å². The molecule has 2 heterocycles. The Labute approximate surface area is 241 Å². The molecule has 2 atom stereocenters. The summed E-state index contributed by atoms with van der Waals surface area (Å²) in [7, 11) is 0. The normalized spacial score (nSPS) is 16.7. The summed E-state index contributed by atoms with van der Waals surface area (Å²) >= 11 is 0. The van der Waals surface area contributed by atoms with Gasteiger partial charge in [0.15, 0.2) is 0 Å². The van der Waals surface area contributed by atoms with Crippen molar-refractivity contribution >= 4 is 19.3 Å². The number of carbonyl (C=O) groups excluding carboxylic acids is 1. The topological polar surface area (TPSA) is 84.0 Å². The van der Waals surface area contributed by atoms with Gasteiger partial charge in [-0.05, 0) is 73.7 Å². The third-order valence-electron chi connectivity index (χ3n) is 7.55. The van der Waals surface area contributed by atoms with Crippen LogP contribution in [0.2, 0.25) is 0 Å². The maximum atomic E-state index is 13.8. The zero-order valence-corrected chi connectivity index (χ0v) is 23.1. The van der Waals surface area contributed by atoms with Gasteiger partial charge in [0.2, 0.25) is 11.8 Å². The molecular formula is C32H30F3N5O2. The van der Waals surface area contributed by atoms with Gasteiger partial charge in [-0.25, -0.2) is 0 Å². The second-order valence-corrected chi connectivity index (χ2v) is 10.5. The van der Waals surface area contributed by atoms with E-state index in [9.17, 15) is 18.0 Å². The molecule has 0 radical (unpaired) electrons. The molecule has 1 aromatic heterocycles. The number of benzene rings is 3. The number of likely N-dealkylation sites (tertiary alicyclic amines) is 1. The van der Waals surface area contributed by atoms with Gasteiger partial charge in [-0.3, -0.25) is 14.8 Å². The highest BCUT2D eigenvalue weighted by molar-refractivity contribution is 5.97. The van der Waals surface area contributed by atoms with Crippen molar-refractivity contribution in [3.63, 3.8) is 0 Å². The van der Waals surface area contributed by atoms with Crippen molar-refractivity contribution in [2.75, 3.05) is 6.54 Å². The highest BCUT2D eigenvalue weighted by Crippen LogP contribution is 2.37. The van der Waals surface area contributed by atoms with Crippen molar-refractivity contribution < 1.29 is 22.4 Å². The van der Waals surface area contributed by atoms with E-state index in [4.69, 9.17) is 4.42 Å². The molecule has 4 aromatic rings. The van der Waals surface area contributed by atoms with Crippen LogP contribution in [0.25, 0.3) is 22.6 Å². The molecule has 0 spiro atoms. The first-order chi connectivity index (χ1) is 20.1. The number of alkyl halides is 3. The summed E-state index contributed by atoms with van der Waals surface area (Å²) in [5.41, 5.74) is 2.76. The minimum atomic E-state index is -4.52. The number of aromatic nitrogens is 2. The Morgan fingerprint density at radius 3 is 2.45 bits per heavy atom. The van der Waals surface area contributed by atoms with E-state index >= 15 is 0 Å². The molecule has 1 fully saturated rings. The molecule has 7 nitrogen and oxygen atoms in total. The van der Waals surface area contributed by atoms with Crippen molar-refractivity contribution in [2.24, 2.45) is 9.98 Å². The third-order valence-corrected chi connectivity index (χ3v) is 7.55. The van der Waals surface area contributed by atoms with Crippen molar-refractivity contribution in [1.29, 1.82) is 0 Å². The summed E-state index contributed by atoms with van der Waals surface area (Å²) in [6.07, 6.45) is -3.91. The van der Waals surface area contributed by atoms with Gasteiger partial charge in [-0.1, -0.05) is 54.6 Å². The van der Waals surface area contributed by atoms with Gasteiger partial charge in [0, 0.05) is 24.1 Å². The fourth-order valence-corrected chi connectivity index (χ4v) is 5.36. The second kappa shape index (κ2) is 11.7. The molecule has 1 saturated heterocycles. The molecule has 0 saturated carbocycles. The van der Waals surface area contributed by atoms with E-state index < -0.39 is 23.7 Å². The van der Waals surface area contributed by atoms with Crippen LogP contribution in [0, 0.1) is 0 Å². The molecule has 216 valence electrons. The molecule has 1 aliphatic rings. The van der Waals surface area contributed by atoms with Crippen LogP contribution in [0.4, 0.5) is 13.2 Å². The Hall–Kier alpha value is -4.60. The molecule has 42 heavy (non-hydrogen) atoms. The summed E-state index contributed by atoms with van der Waals surface area (Å²) in [6.45, 7) is 9.50. The summed E-state index contributed by atoms with van der Waals surface area (Å²) in [5.74, 6) is -0.377. The lowest BCUT2D eigenvalue weighted by atomic mass is 9.93. The second-order valence-electron chi connectivity index (χ2n) is 10.5. The van der Waals surface area contributed by atoms with Gasteiger partial charge in [0.25, 0.3) is 5.91 Å². The first-order valence-corrected chi connectivity index (χ1v) is 13.5. The maximum absolute atomic E-state index is 13.8. The monoisotopic (exact) mass is 573 g/mol. The lowest BCUT2D eigenvalue weighted by Crippen LogP contribution is -2.44. The molecule has 3 aromatic carbocycles. The quantitative estimate of drug-likeness (QED) is 0.203. The molecular weight excluding hydrogens is 543 g/mol. The van der Waals surface area contributed by atoms with Crippen LogP contribution in [0.15, 0.2) is 87.2 Å². The summed E-state index contributed by atoms with van der Waals surface area (Å²) in [4.78, 5) is 22.8.